The third-order valence-electron chi connectivity index (χ3n) is 6.45. The topological polar surface area (TPSA) is 81.3 Å². The van der Waals surface area contributed by atoms with Gasteiger partial charge in [-0.15, -0.1) is 0 Å². The van der Waals surface area contributed by atoms with Crippen LogP contribution in [-0.4, -0.2) is 20.5 Å². The molecule has 4 rings (SSSR count). The number of hydrogen-bond donors (Lipinski definition) is 1. The van der Waals surface area contributed by atoms with Crippen LogP contribution in [0.15, 0.2) is 58.1 Å². The molecule has 12 heteroatoms. The van der Waals surface area contributed by atoms with E-state index in [4.69, 9.17) is 23.2 Å². The highest BCUT2D eigenvalue weighted by atomic mass is 35.5. The van der Waals surface area contributed by atoms with Crippen molar-refractivity contribution in [1.82, 2.24) is 9.13 Å². The van der Waals surface area contributed by atoms with Crippen LogP contribution in [-0.2, 0) is 13.1 Å². The minimum absolute atomic E-state index is 0.0295. The predicted molar refractivity (Wildman–Crippen MR) is 154 cm³/mol. The normalized spacial score (nSPS) is 11.6. The van der Waals surface area contributed by atoms with Gasteiger partial charge in [0.2, 0.25) is 0 Å². The molecule has 4 aromatic rings. The lowest BCUT2D eigenvalue weighted by Gasteiger charge is -2.20. The minimum atomic E-state index is -0.982. The number of aliphatic hydroxyl groups is 1. The van der Waals surface area contributed by atoms with E-state index in [0.29, 0.717) is 12.7 Å². The summed E-state index contributed by atoms with van der Waals surface area (Å²) in [4.78, 5) is 35.3. The van der Waals surface area contributed by atoms with E-state index >= 15 is 0 Å². The van der Waals surface area contributed by atoms with Gasteiger partial charge >= 0.3 is 0 Å². The smallest absolute Gasteiger partial charge is 0.269 e. The Kier molecular flexibility index (Phi) is 10.9. The molecular weight excluding hydrogens is 599 g/mol. The summed E-state index contributed by atoms with van der Waals surface area (Å²) in [7, 11) is 0. The van der Waals surface area contributed by atoms with Crippen molar-refractivity contribution in [2.24, 2.45) is 0 Å². The number of pyridine rings is 2. The van der Waals surface area contributed by atoms with Crippen LogP contribution < -0.4 is 11.1 Å². The van der Waals surface area contributed by atoms with Crippen molar-refractivity contribution < 1.29 is 27.5 Å². The SMILES string of the molecule is CCC(O)c1cc(Cl)c(=O)n(CC)c1-c1c(F)cccc1F.CCn1c(-c2c(F)cccc2F)c(C=O)cc(Cl)c1=O. The lowest BCUT2D eigenvalue weighted by molar-refractivity contribution is 0.112. The Morgan fingerprint density at radius 2 is 1.17 bits per heavy atom. The average molecular weight is 625 g/mol. The number of aliphatic hydroxyl groups excluding tert-OH is 1. The maximum Gasteiger partial charge on any atom is 0.269 e. The van der Waals surface area contributed by atoms with Crippen molar-refractivity contribution in [3.8, 4) is 22.5 Å². The van der Waals surface area contributed by atoms with Gasteiger partial charge in [0.1, 0.15) is 33.3 Å². The number of halogens is 6. The van der Waals surface area contributed by atoms with Gasteiger partial charge < -0.3 is 14.2 Å². The lowest BCUT2D eigenvalue weighted by Crippen LogP contribution is -2.24. The van der Waals surface area contributed by atoms with E-state index in [1.165, 1.54) is 22.8 Å². The molecule has 0 aliphatic heterocycles. The number of hydrogen-bond acceptors (Lipinski definition) is 4. The van der Waals surface area contributed by atoms with E-state index in [1.807, 2.05) is 0 Å². The van der Waals surface area contributed by atoms with Crippen LogP contribution >= 0.6 is 23.2 Å². The molecule has 1 N–H and O–H groups in total. The number of aldehydes is 1. The molecule has 1 unspecified atom stereocenters. The molecule has 222 valence electrons. The van der Waals surface area contributed by atoms with E-state index in [-0.39, 0.29) is 51.2 Å². The summed E-state index contributed by atoms with van der Waals surface area (Å²) in [6, 6.07) is 9.19. The molecular formula is C30H26Cl2F4N2O4. The number of rotatable bonds is 7. The Morgan fingerprint density at radius 3 is 1.57 bits per heavy atom. The van der Waals surface area contributed by atoms with Crippen molar-refractivity contribution in [1.29, 1.82) is 0 Å². The van der Waals surface area contributed by atoms with E-state index in [9.17, 15) is 37.1 Å². The van der Waals surface area contributed by atoms with Crippen LogP contribution in [0.4, 0.5) is 17.6 Å². The molecule has 0 saturated carbocycles. The summed E-state index contributed by atoms with van der Waals surface area (Å²) in [6.07, 6.45) is -0.245. The quantitative estimate of drug-likeness (QED) is 0.174. The summed E-state index contributed by atoms with van der Waals surface area (Å²) >= 11 is 11.6. The molecule has 0 radical (unpaired) electrons. The molecule has 42 heavy (non-hydrogen) atoms. The first-order valence-corrected chi connectivity index (χ1v) is 13.6. The maximum atomic E-state index is 14.2. The lowest BCUT2D eigenvalue weighted by atomic mass is 9.98. The standard InChI is InChI=1S/C16H16ClF2NO2.C14H10ClF2NO2/c1-3-13(21)9-8-10(17)16(22)20(4-2)15(9)14-11(18)6-5-7-12(14)19;1-2-18-13(8(7-19)6-9(15)14(18)20)12-10(16)4-3-5-11(12)17/h5-8,13,21H,3-4H2,1-2H3;3-7H,2H2,1H3. The molecule has 0 saturated heterocycles. The van der Waals surface area contributed by atoms with Crippen LogP contribution in [0.2, 0.25) is 10.0 Å². The molecule has 0 bridgehead atoms. The van der Waals surface area contributed by atoms with E-state index in [0.717, 1.165) is 34.9 Å². The van der Waals surface area contributed by atoms with Crippen molar-refractivity contribution in [2.45, 2.75) is 46.4 Å². The first-order valence-electron chi connectivity index (χ1n) is 12.8. The third-order valence-corrected chi connectivity index (χ3v) is 7.00. The highest BCUT2D eigenvalue weighted by Gasteiger charge is 2.24. The number of carbonyl (C=O) groups is 1. The summed E-state index contributed by atoms with van der Waals surface area (Å²) in [5, 5.41) is 9.91. The first-order chi connectivity index (χ1) is 19.9. The maximum absolute atomic E-state index is 14.2. The summed E-state index contributed by atoms with van der Waals surface area (Å²) in [6.45, 7) is 5.31. The second kappa shape index (κ2) is 14.0. The summed E-state index contributed by atoms with van der Waals surface area (Å²) < 4.78 is 58.4. The van der Waals surface area contributed by atoms with Crippen LogP contribution in [0.3, 0.4) is 0 Å². The Hall–Kier alpha value is -3.73. The Labute approximate surface area is 248 Å². The van der Waals surface area contributed by atoms with Gasteiger partial charge in [0.25, 0.3) is 11.1 Å². The van der Waals surface area contributed by atoms with E-state index in [2.05, 4.69) is 0 Å². The van der Waals surface area contributed by atoms with Crippen molar-refractivity contribution >= 4 is 29.5 Å². The predicted octanol–water partition coefficient (Wildman–Crippen LogP) is 7.19. The second-order valence-corrected chi connectivity index (χ2v) is 9.74. The van der Waals surface area contributed by atoms with Gasteiger partial charge in [0, 0.05) is 24.2 Å². The fourth-order valence-electron chi connectivity index (χ4n) is 4.48. The zero-order chi connectivity index (χ0) is 31.3. The van der Waals surface area contributed by atoms with Crippen molar-refractivity contribution in [3.63, 3.8) is 0 Å². The Bertz CT molecular complexity index is 1710. The third kappa shape index (κ3) is 6.35. The van der Waals surface area contributed by atoms with Crippen molar-refractivity contribution in [2.75, 3.05) is 0 Å². The monoisotopic (exact) mass is 624 g/mol. The fraction of sp³-hybridized carbons (Fsp3) is 0.233. The van der Waals surface area contributed by atoms with Gasteiger partial charge in [0.05, 0.1) is 28.6 Å². The fourth-order valence-corrected chi connectivity index (χ4v) is 4.92. The average Bonchev–Trinajstić information content (AvgIpc) is 2.96. The van der Waals surface area contributed by atoms with Crippen LogP contribution in [0.25, 0.3) is 22.5 Å². The minimum Gasteiger partial charge on any atom is -0.388 e. The second-order valence-electron chi connectivity index (χ2n) is 8.93. The number of nitrogens with zero attached hydrogens (tertiary/aromatic N) is 2. The number of carbonyl (C=O) groups excluding carboxylic acids is 1. The molecule has 0 aliphatic carbocycles. The number of benzene rings is 2. The zero-order valence-corrected chi connectivity index (χ0v) is 24.2. The van der Waals surface area contributed by atoms with Gasteiger partial charge in [0.15, 0.2) is 6.29 Å². The van der Waals surface area contributed by atoms with Gasteiger partial charge in [-0.05, 0) is 56.7 Å². The van der Waals surface area contributed by atoms with Crippen LogP contribution in [0.5, 0.6) is 0 Å². The highest BCUT2D eigenvalue weighted by Crippen LogP contribution is 2.34. The Morgan fingerprint density at radius 1 is 0.762 bits per heavy atom. The molecule has 2 aromatic carbocycles. The first kappa shape index (κ1) is 32.8. The molecule has 0 fully saturated rings. The zero-order valence-electron chi connectivity index (χ0n) is 22.7. The highest BCUT2D eigenvalue weighted by molar-refractivity contribution is 6.31. The van der Waals surface area contributed by atoms with Gasteiger partial charge in [-0.1, -0.05) is 42.3 Å². The molecule has 0 amide bonds. The van der Waals surface area contributed by atoms with Gasteiger partial charge in [-0.3, -0.25) is 14.4 Å². The van der Waals surface area contributed by atoms with Crippen LogP contribution in [0.1, 0.15) is 49.2 Å². The summed E-state index contributed by atoms with van der Waals surface area (Å²) in [5.74, 6) is -3.30. The van der Waals surface area contributed by atoms with Crippen molar-refractivity contribution in [3.05, 3.63) is 114 Å². The van der Waals surface area contributed by atoms with Gasteiger partial charge in [-0.25, -0.2) is 17.6 Å². The molecule has 1 atom stereocenters. The molecule has 2 heterocycles. The molecule has 2 aromatic heterocycles. The van der Waals surface area contributed by atoms with E-state index in [1.54, 1.807) is 20.8 Å². The summed E-state index contributed by atoms with van der Waals surface area (Å²) in [5.41, 5.74) is -1.77. The Balaban J connectivity index is 0.000000231. The molecule has 6 nitrogen and oxygen atoms in total. The van der Waals surface area contributed by atoms with E-state index < -0.39 is 46.1 Å². The van der Waals surface area contributed by atoms with Gasteiger partial charge in [-0.2, -0.15) is 0 Å². The largest absolute Gasteiger partial charge is 0.388 e. The molecule has 0 aliphatic rings. The molecule has 0 spiro atoms. The number of aromatic nitrogens is 2. The van der Waals surface area contributed by atoms with Crippen LogP contribution in [0, 0.1) is 23.3 Å².